The van der Waals surface area contributed by atoms with E-state index in [1.165, 1.54) is 12.2 Å². The Morgan fingerprint density at radius 2 is 2.31 bits per heavy atom. The molecule has 0 radical (unpaired) electrons. The molecule has 3 nitrogen and oxygen atoms in total. The largest absolute Gasteiger partial charge is 0.342 e. The molecule has 1 saturated carbocycles. The molecule has 2 aliphatic rings. The smallest absolute Gasteiger partial charge is 0.223 e. The van der Waals surface area contributed by atoms with Crippen molar-refractivity contribution < 1.29 is 4.79 Å². The topological polar surface area (TPSA) is 46.3 Å². The molecule has 1 atom stereocenters. The molecule has 1 saturated heterocycles. The van der Waals surface area contributed by atoms with Crippen molar-refractivity contribution in [2.45, 2.75) is 38.1 Å². The maximum Gasteiger partial charge on any atom is 0.223 e. The van der Waals surface area contributed by atoms with Gasteiger partial charge in [0.15, 0.2) is 0 Å². The van der Waals surface area contributed by atoms with E-state index in [0.29, 0.717) is 24.9 Å². The lowest BCUT2D eigenvalue weighted by atomic mass is 9.66. The molecule has 0 aromatic heterocycles. The summed E-state index contributed by atoms with van der Waals surface area (Å²) in [6, 6.07) is 0.465. The molecule has 16 heavy (non-hydrogen) atoms. The second-order valence-corrected chi connectivity index (χ2v) is 6.41. The summed E-state index contributed by atoms with van der Waals surface area (Å²) in [7, 11) is 1.96. The zero-order valence-corrected chi connectivity index (χ0v) is 10.9. The average Bonchev–Trinajstić information content (AvgIpc) is 2.75. The summed E-state index contributed by atoms with van der Waals surface area (Å²) in [5.41, 5.74) is 5.95. The molecule has 2 rings (SSSR count). The van der Waals surface area contributed by atoms with Crippen LogP contribution in [-0.2, 0) is 4.79 Å². The van der Waals surface area contributed by atoms with Gasteiger partial charge in [0.25, 0.3) is 0 Å². The van der Waals surface area contributed by atoms with Crippen LogP contribution in [0.4, 0.5) is 0 Å². The highest BCUT2D eigenvalue weighted by atomic mass is 32.2. The summed E-state index contributed by atoms with van der Waals surface area (Å²) in [6.07, 6.45) is 5.35. The summed E-state index contributed by atoms with van der Waals surface area (Å²) >= 11 is 1.95. The number of rotatable bonds is 4. The predicted molar refractivity (Wildman–Crippen MR) is 68.5 cm³/mol. The van der Waals surface area contributed by atoms with Crippen molar-refractivity contribution in [3.8, 4) is 0 Å². The zero-order chi connectivity index (χ0) is 11.6. The number of thioether (sulfide) groups is 1. The van der Waals surface area contributed by atoms with E-state index < -0.39 is 0 Å². The summed E-state index contributed by atoms with van der Waals surface area (Å²) in [5, 5.41) is 0. The van der Waals surface area contributed by atoms with Crippen LogP contribution in [0.25, 0.3) is 0 Å². The predicted octanol–water partition coefficient (Wildman–Crippen LogP) is 1.47. The minimum absolute atomic E-state index is 0.150. The SMILES string of the molecule is CN(C(=O)CC1(CN)CCC1)C1CCSC1. The molecule has 1 aliphatic carbocycles. The summed E-state index contributed by atoms with van der Waals surface area (Å²) < 4.78 is 0. The van der Waals surface area contributed by atoms with Crippen LogP contribution >= 0.6 is 11.8 Å². The number of nitrogens with zero attached hydrogens (tertiary/aromatic N) is 1. The molecule has 1 aliphatic heterocycles. The van der Waals surface area contributed by atoms with Gasteiger partial charge < -0.3 is 10.6 Å². The molecule has 0 bridgehead atoms. The monoisotopic (exact) mass is 242 g/mol. The summed E-state index contributed by atoms with van der Waals surface area (Å²) in [4.78, 5) is 14.1. The highest BCUT2D eigenvalue weighted by molar-refractivity contribution is 7.99. The van der Waals surface area contributed by atoms with Gasteiger partial charge in [0.05, 0.1) is 0 Å². The number of amides is 1. The van der Waals surface area contributed by atoms with Gasteiger partial charge in [-0.25, -0.2) is 0 Å². The molecule has 1 unspecified atom stereocenters. The Labute approximate surface area is 102 Å². The Morgan fingerprint density at radius 3 is 2.75 bits per heavy atom. The van der Waals surface area contributed by atoms with Crippen LogP contribution in [0.3, 0.4) is 0 Å². The minimum Gasteiger partial charge on any atom is -0.342 e. The third-order valence-electron chi connectivity index (χ3n) is 4.22. The van der Waals surface area contributed by atoms with Crippen LogP contribution in [0.15, 0.2) is 0 Å². The van der Waals surface area contributed by atoms with Gasteiger partial charge in [0.1, 0.15) is 0 Å². The lowest BCUT2D eigenvalue weighted by molar-refractivity contribution is -0.135. The standard InChI is InChI=1S/C12H22N2OS/c1-14(10-3-6-16-8-10)11(15)7-12(9-13)4-2-5-12/h10H,2-9,13H2,1H3. The van der Waals surface area contributed by atoms with Crippen molar-refractivity contribution in [1.82, 2.24) is 4.90 Å². The molecular formula is C12H22N2OS. The zero-order valence-electron chi connectivity index (χ0n) is 10.1. The fourth-order valence-corrected chi connectivity index (χ4v) is 3.87. The summed E-state index contributed by atoms with van der Waals surface area (Å²) in [6.45, 7) is 0.673. The van der Waals surface area contributed by atoms with Gasteiger partial charge in [-0.3, -0.25) is 4.79 Å². The van der Waals surface area contributed by atoms with Gasteiger partial charge in [-0.2, -0.15) is 11.8 Å². The summed E-state index contributed by atoms with van der Waals surface area (Å²) in [5.74, 6) is 2.61. The molecule has 0 spiro atoms. The van der Waals surface area contributed by atoms with E-state index >= 15 is 0 Å². The molecule has 1 amide bonds. The second kappa shape index (κ2) is 4.96. The normalized spacial score (nSPS) is 27.5. The van der Waals surface area contributed by atoms with Crippen molar-refractivity contribution in [1.29, 1.82) is 0 Å². The molecule has 0 aromatic rings. The number of hydrogen-bond acceptors (Lipinski definition) is 3. The Kier molecular flexibility index (Phi) is 3.80. The van der Waals surface area contributed by atoms with Crippen LogP contribution in [0.1, 0.15) is 32.1 Å². The fourth-order valence-electron chi connectivity index (χ4n) is 2.61. The van der Waals surface area contributed by atoms with Crippen molar-refractivity contribution in [2.75, 3.05) is 25.1 Å². The maximum absolute atomic E-state index is 12.2. The van der Waals surface area contributed by atoms with Gasteiger partial charge in [0, 0.05) is 25.3 Å². The first kappa shape index (κ1) is 12.2. The molecular weight excluding hydrogens is 220 g/mol. The fraction of sp³-hybridized carbons (Fsp3) is 0.917. The molecule has 0 aromatic carbocycles. The van der Waals surface area contributed by atoms with Crippen LogP contribution < -0.4 is 5.73 Å². The van der Waals surface area contributed by atoms with Gasteiger partial charge >= 0.3 is 0 Å². The van der Waals surface area contributed by atoms with E-state index in [9.17, 15) is 4.79 Å². The minimum atomic E-state index is 0.150. The first-order valence-corrected chi connectivity index (χ1v) is 7.36. The highest BCUT2D eigenvalue weighted by Crippen LogP contribution is 2.43. The van der Waals surface area contributed by atoms with Gasteiger partial charge in [-0.1, -0.05) is 6.42 Å². The Morgan fingerprint density at radius 1 is 1.56 bits per heavy atom. The van der Waals surface area contributed by atoms with E-state index in [1.54, 1.807) is 0 Å². The third-order valence-corrected chi connectivity index (χ3v) is 5.37. The molecule has 92 valence electrons. The van der Waals surface area contributed by atoms with Crippen LogP contribution in [-0.4, -0.2) is 41.9 Å². The Balaban J connectivity index is 1.86. The highest BCUT2D eigenvalue weighted by Gasteiger charge is 2.39. The van der Waals surface area contributed by atoms with E-state index in [4.69, 9.17) is 5.73 Å². The van der Waals surface area contributed by atoms with Crippen LogP contribution in [0, 0.1) is 5.41 Å². The van der Waals surface area contributed by atoms with Gasteiger partial charge in [-0.15, -0.1) is 0 Å². The van der Waals surface area contributed by atoms with Crippen LogP contribution in [0.2, 0.25) is 0 Å². The van der Waals surface area contributed by atoms with Gasteiger partial charge in [0.2, 0.25) is 5.91 Å². The molecule has 1 heterocycles. The van der Waals surface area contributed by atoms with Crippen molar-refractivity contribution >= 4 is 17.7 Å². The van der Waals surface area contributed by atoms with E-state index in [1.807, 2.05) is 23.7 Å². The number of nitrogens with two attached hydrogens (primary N) is 1. The van der Waals surface area contributed by atoms with Crippen molar-refractivity contribution in [3.05, 3.63) is 0 Å². The number of hydrogen-bond donors (Lipinski definition) is 1. The lowest BCUT2D eigenvalue weighted by Crippen LogP contribution is -2.45. The van der Waals surface area contributed by atoms with E-state index in [2.05, 4.69) is 0 Å². The third kappa shape index (κ3) is 2.38. The maximum atomic E-state index is 12.2. The van der Waals surface area contributed by atoms with Crippen molar-refractivity contribution in [2.24, 2.45) is 11.1 Å². The molecule has 2 fully saturated rings. The molecule has 4 heteroatoms. The Hall–Kier alpha value is -0.220. The van der Waals surface area contributed by atoms with Crippen LogP contribution in [0.5, 0.6) is 0 Å². The first-order chi connectivity index (χ1) is 7.67. The second-order valence-electron chi connectivity index (χ2n) is 5.26. The quantitative estimate of drug-likeness (QED) is 0.812. The Bertz CT molecular complexity index is 254. The van der Waals surface area contributed by atoms with E-state index in [-0.39, 0.29) is 5.41 Å². The van der Waals surface area contributed by atoms with Gasteiger partial charge in [-0.05, 0) is 37.0 Å². The first-order valence-electron chi connectivity index (χ1n) is 6.20. The van der Waals surface area contributed by atoms with Crippen molar-refractivity contribution in [3.63, 3.8) is 0 Å². The number of carbonyl (C=O) groups excluding carboxylic acids is 1. The van der Waals surface area contributed by atoms with E-state index in [0.717, 1.165) is 25.0 Å². The average molecular weight is 242 g/mol. The lowest BCUT2D eigenvalue weighted by Gasteiger charge is -2.41. The number of carbonyl (C=O) groups is 1. The molecule has 2 N–H and O–H groups in total.